The molecule has 1 aliphatic rings. The fourth-order valence-corrected chi connectivity index (χ4v) is 2.90. The van der Waals surface area contributed by atoms with E-state index in [9.17, 15) is 0 Å². The minimum Gasteiger partial charge on any atom is -0.497 e. The van der Waals surface area contributed by atoms with Crippen LogP contribution in [0.2, 0.25) is 0 Å². The number of hydrogen-bond donors (Lipinski definition) is 4. The molecule has 0 saturated heterocycles. The minimum absolute atomic E-state index is 0.000791. The highest BCUT2D eigenvalue weighted by atomic mass is 16.5. The van der Waals surface area contributed by atoms with Crippen molar-refractivity contribution in [2.45, 2.75) is 6.92 Å². The number of aryl methyl sites for hydroxylation is 1. The van der Waals surface area contributed by atoms with Crippen LogP contribution in [-0.2, 0) is 4.74 Å². The number of ether oxygens (including phenoxy) is 2. The SMILES string of the molecule is C=NC(=N)n1ccc(-c2cccc(OC)c2)n1.Cc1cc(/C2=C/C=NCCOCCNN2)n[nH]1. The monoisotopic (exact) mass is 463 g/mol. The molecular weight excluding hydrogens is 434 g/mol. The molecule has 1 aromatic carbocycles. The molecular formula is C23H29N9O2. The molecule has 0 radical (unpaired) electrons. The van der Waals surface area contributed by atoms with Gasteiger partial charge in [-0.05, 0) is 44.0 Å². The van der Waals surface area contributed by atoms with Crippen molar-refractivity contribution in [3.8, 4) is 17.0 Å². The van der Waals surface area contributed by atoms with Crippen molar-refractivity contribution in [1.82, 2.24) is 30.8 Å². The van der Waals surface area contributed by atoms with E-state index >= 15 is 0 Å². The van der Waals surface area contributed by atoms with Crippen LogP contribution in [0.25, 0.3) is 17.0 Å². The molecule has 0 aliphatic carbocycles. The van der Waals surface area contributed by atoms with E-state index in [-0.39, 0.29) is 5.96 Å². The second-order valence-corrected chi connectivity index (χ2v) is 7.10. The Morgan fingerprint density at radius 3 is 2.88 bits per heavy atom. The van der Waals surface area contributed by atoms with Gasteiger partial charge in [-0.3, -0.25) is 15.5 Å². The molecule has 3 aromatic rings. The first-order valence-corrected chi connectivity index (χ1v) is 10.7. The maximum Gasteiger partial charge on any atom is 0.242 e. The normalized spacial score (nSPS) is 15.5. The Morgan fingerprint density at radius 2 is 2.12 bits per heavy atom. The lowest BCUT2D eigenvalue weighted by atomic mass is 10.1. The van der Waals surface area contributed by atoms with Gasteiger partial charge in [0, 0.05) is 30.2 Å². The first kappa shape index (κ1) is 24.6. The second kappa shape index (κ2) is 12.8. The van der Waals surface area contributed by atoms with Gasteiger partial charge in [0.25, 0.3) is 0 Å². The van der Waals surface area contributed by atoms with Crippen LogP contribution in [0.4, 0.5) is 0 Å². The van der Waals surface area contributed by atoms with Crippen molar-refractivity contribution in [3.05, 3.63) is 60.1 Å². The number of aliphatic imine (C=N–C) groups is 2. The zero-order valence-electron chi connectivity index (χ0n) is 19.3. The van der Waals surface area contributed by atoms with Gasteiger partial charge in [-0.25, -0.2) is 15.1 Å². The van der Waals surface area contributed by atoms with Gasteiger partial charge in [0.05, 0.1) is 38.3 Å². The van der Waals surface area contributed by atoms with Crippen molar-refractivity contribution in [3.63, 3.8) is 0 Å². The Hall–Kier alpha value is -4.09. The highest BCUT2D eigenvalue weighted by Crippen LogP contribution is 2.21. The Balaban J connectivity index is 0.000000191. The number of nitrogens with zero attached hydrogens (tertiary/aromatic N) is 5. The van der Waals surface area contributed by atoms with E-state index in [1.807, 2.05) is 49.4 Å². The Labute approximate surface area is 198 Å². The van der Waals surface area contributed by atoms with Crippen LogP contribution in [0.1, 0.15) is 11.4 Å². The smallest absolute Gasteiger partial charge is 0.242 e. The van der Waals surface area contributed by atoms with Crippen molar-refractivity contribution in [2.75, 3.05) is 33.4 Å². The number of aromatic amines is 1. The number of rotatable bonds is 3. The summed E-state index contributed by atoms with van der Waals surface area (Å²) in [7, 11) is 1.62. The molecule has 4 N–H and O–H groups in total. The Morgan fingerprint density at radius 1 is 1.24 bits per heavy atom. The summed E-state index contributed by atoms with van der Waals surface area (Å²) in [5, 5.41) is 18.8. The molecule has 0 bridgehead atoms. The Kier molecular flexibility index (Phi) is 9.26. The zero-order valence-corrected chi connectivity index (χ0v) is 19.3. The summed E-state index contributed by atoms with van der Waals surface area (Å²) >= 11 is 0. The average molecular weight is 464 g/mol. The first-order valence-electron chi connectivity index (χ1n) is 10.7. The van der Waals surface area contributed by atoms with Crippen LogP contribution < -0.4 is 15.6 Å². The van der Waals surface area contributed by atoms with E-state index in [1.54, 1.807) is 19.5 Å². The van der Waals surface area contributed by atoms with E-state index in [0.717, 1.165) is 40.6 Å². The molecule has 178 valence electrons. The summed E-state index contributed by atoms with van der Waals surface area (Å²) in [6.07, 6.45) is 5.34. The molecule has 3 heterocycles. The minimum atomic E-state index is -0.000791. The molecule has 1 aliphatic heterocycles. The molecule has 11 nitrogen and oxygen atoms in total. The van der Waals surface area contributed by atoms with Crippen molar-refractivity contribution in [1.29, 1.82) is 5.41 Å². The van der Waals surface area contributed by atoms with E-state index in [4.69, 9.17) is 14.9 Å². The summed E-state index contributed by atoms with van der Waals surface area (Å²) in [4.78, 5) is 7.73. The third-order valence-corrected chi connectivity index (χ3v) is 4.61. The van der Waals surface area contributed by atoms with Gasteiger partial charge >= 0.3 is 0 Å². The number of methoxy groups -OCH3 is 1. The standard InChI is InChI=1S/C12H12N4O.C11H17N5O/c1-14-12(13)16-7-6-11(15-16)9-4-3-5-10(8-9)17-2;1-9-8-11(16-14-9)10-2-3-12-4-6-17-7-5-13-15-10/h3-8,13H,1H2,2H3;2-3,8,13,15H,4-7H2,1H3,(H,14,16)/b;10-2-,12-3?. The zero-order chi connectivity index (χ0) is 24.2. The molecule has 0 amide bonds. The molecule has 0 saturated carbocycles. The predicted molar refractivity (Wildman–Crippen MR) is 134 cm³/mol. The van der Waals surface area contributed by atoms with Crippen LogP contribution in [0.15, 0.2) is 58.7 Å². The maximum absolute atomic E-state index is 7.48. The molecule has 0 fully saturated rings. The number of aromatic nitrogens is 4. The fraction of sp³-hybridized carbons (Fsp3) is 0.261. The quantitative estimate of drug-likeness (QED) is 0.347. The molecule has 0 unspecified atom stereocenters. The third kappa shape index (κ3) is 7.22. The molecule has 2 aromatic heterocycles. The van der Waals surface area contributed by atoms with Crippen molar-refractivity contribution in [2.24, 2.45) is 9.98 Å². The lowest BCUT2D eigenvalue weighted by Crippen LogP contribution is -2.33. The van der Waals surface area contributed by atoms with Gasteiger partial charge < -0.3 is 14.9 Å². The summed E-state index contributed by atoms with van der Waals surface area (Å²) in [5.74, 6) is 0.771. The molecule has 11 heteroatoms. The number of hydrogen-bond acceptors (Lipinski definition) is 8. The number of hydrazine groups is 1. The van der Waals surface area contributed by atoms with Crippen LogP contribution in [0, 0.1) is 12.3 Å². The van der Waals surface area contributed by atoms with Gasteiger partial charge in [-0.2, -0.15) is 10.2 Å². The molecule has 0 atom stereocenters. The van der Waals surface area contributed by atoms with Crippen LogP contribution in [0.5, 0.6) is 5.75 Å². The van der Waals surface area contributed by atoms with Gasteiger partial charge in [0.2, 0.25) is 5.96 Å². The number of allylic oxidation sites excluding steroid dienone is 1. The second-order valence-electron chi connectivity index (χ2n) is 7.10. The number of nitrogens with one attached hydrogen (secondary N) is 4. The largest absolute Gasteiger partial charge is 0.497 e. The highest BCUT2D eigenvalue weighted by Gasteiger charge is 2.06. The summed E-state index contributed by atoms with van der Waals surface area (Å²) < 4.78 is 11.9. The van der Waals surface area contributed by atoms with Gasteiger partial charge in [0.1, 0.15) is 11.4 Å². The average Bonchev–Trinajstić information content (AvgIpc) is 3.52. The third-order valence-electron chi connectivity index (χ3n) is 4.61. The lowest BCUT2D eigenvalue weighted by Gasteiger charge is -2.09. The molecule has 0 spiro atoms. The lowest BCUT2D eigenvalue weighted by molar-refractivity contribution is 0.142. The van der Waals surface area contributed by atoms with Gasteiger partial charge in [-0.1, -0.05) is 12.1 Å². The summed E-state index contributed by atoms with van der Waals surface area (Å²) in [6.45, 7) is 8.00. The van der Waals surface area contributed by atoms with Gasteiger partial charge in [-0.15, -0.1) is 0 Å². The molecule has 4 rings (SSSR count). The van der Waals surface area contributed by atoms with Gasteiger partial charge in [0.15, 0.2) is 0 Å². The van der Waals surface area contributed by atoms with Crippen molar-refractivity contribution >= 4 is 24.6 Å². The number of H-pyrrole nitrogens is 1. The summed E-state index contributed by atoms with van der Waals surface area (Å²) in [6, 6.07) is 11.4. The first-order chi connectivity index (χ1) is 16.6. The summed E-state index contributed by atoms with van der Waals surface area (Å²) in [5.41, 5.74) is 10.7. The maximum atomic E-state index is 7.48. The fourth-order valence-electron chi connectivity index (χ4n) is 2.90. The Bertz CT molecular complexity index is 1150. The molecule has 34 heavy (non-hydrogen) atoms. The van der Waals surface area contributed by atoms with Crippen LogP contribution in [-0.4, -0.2) is 72.3 Å². The van der Waals surface area contributed by atoms with Crippen molar-refractivity contribution < 1.29 is 9.47 Å². The van der Waals surface area contributed by atoms with E-state index < -0.39 is 0 Å². The van der Waals surface area contributed by atoms with Crippen LogP contribution in [0.3, 0.4) is 0 Å². The van der Waals surface area contributed by atoms with E-state index in [0.29, 0.717) is 19.8 Å². The van der Waals surface area contributed by atoms with E-state index in [1.165, 1.54) is 4.68 Å². The highest BCUT2D eigenvalue weighted by molar-refractivity contribution is 5.83. The van der Waals surface area contributed by atoms with Crippen LogP contribution >= 0.6 is 0 Å². The topological polar surface area (TPSA) is 138 Å². The number of benzene rings is 1. The predicted octanol–water partition coefficient (Wildman–Crippen LogP) is 2.30. The van der Waals surface area contributed by atoms with E-state index in [2.05, 4.69) is 42.8 Å².